The first-order valence-electron chi connectivity index (χ1n) is 15.3. The molecule has 214 valence electrons. The quantitative estimate of drug-likeness (QED) is 0.209. The van der Waals surface area contributed by atoms with Crippen LogP contribution in [0.15, 0.2) is 103 Å². The number of rotatable bonds is 3. The molecule has 4 nitrogen and oxygen atoms in total. The highest BCUT2D eigenvalue weighted by Crippen LogP contribution is 2.44. The Morgan fingerprint density at radius 2 is 0.933 bits per heavy atom. The van der Waals surface area contributed by atoms with E-state index < -0.39 is 0 Å². The van der Waals surface area contributed by atoms with Crippen LogP contribution in [0.3, 0.4) is 0 Å². The highest BCUT2D eigenvalue weighted by Gasteiger charge is 2.26. The van der Waals surface area contributed by atoms with Crippen LogP contribution in [-0.2, 0) is 0 Å². The van der Waals surface area contributed by atoms with Crippen molar-refractivity contribution in [2.24, 2.45) is 0 Å². The molecule has 4 heteroatoms. The Morgan fingerprint density at radius 3 is 1.29 bits per heavy atom. The number of nitriles is 2. The second kappa shape index (κ2) is 9.84. The van der Waals surface area contributed by atoms with E-state index in [0.717, 1.165) is 88.4 Å². The van der Waals surface area contributed by atoms with Gasteiger partial charge in [0.05, 0.1) is 56.7 Å². The Hall–Kier alpha value is -5.84. The fraction of sp³-hybridized carbons (Fsp3) is 0.122. The van der Waals surface area contributed by atoms with Crippen LogP contribution < -0.4 is 0 Å². The van der Waals surface area contributed by atoms with E-state index in [1.165, 1.54) is 0 Å². The summed E-state index contributed by atoms with van der Waals surface area (Å²) in [5.74, 6) is 0. The van der Waals surface area contributed by atoms with Crippen LogP contribution >= 0.6 is 0 Å². The van der Waals surface area contributed by atoms with E-state index in [9.17, 15) is 10.5 Å². The molecule has 8 rings (SSSR count). The number of hydrogen-bond donors (Lipinski definition) is 0. The monoisotopic (exact) mass is 578 g/mol. The Balaban J connectivity index is 1.63. The van der Waals surface area contributed by atoms with Crippen molar-refractivity contribution in [3.63, 3.8) is 0 Å². The minimum Gasteiger partial charge on any atom is -0.308 e. The number of aryl methyl sites for hydroxylation is 4. The summed E-state index contributed by atoms with van der Waals surface area (Å²) >= 11 is 0. The number of fused-ring (bicyclic) bond motifs is 6. The summed E-state index contributed by atoms with van der Waals surface area (Å²) in [5.41, 5.74) is 13.9. The van der Waals surface area contributed by atoms with Crippen molar-refractivity contribution >= 4 is 49.2 Å². The molecule has 0 saturated heterocycles. The van der Waals surface area contributed by atoms with Crippen molar-refractivity contribution in [2.75, 3.05) is 0 Å². The van der Waals surface area contributed by atoms with Gasteiger partial charge in [0.25, 0.3) is 0 Å². The molecule has 0 radical (unpaired) electrons. The summed E-state index contributed by atoms with van der Waals surface area (Å²) in [6.07, 6.45) is 4.64. The summed E-state index contributed by atoms with van der Waals surface area (Å²) in [7, 11) is 0. The van der Waals surface area contributed by atoms with Crippen LogP contribution in [0.25, 0.3) is 60.6 Å². The lowest BCUT2D eigenvalue weighted by atomic mass is 9.95. The van der Waals surface area contributed by atoms with Crippen LogP contribution in [0.2, 0.25) is 0 Å². The van der Waals surface area contributed by atoms with Gasteiger partial charge in [0.15, 0.2) is 0 Å². The van der Waals surface area contributed by atoms with Gasteiger partial charge in [-0.2, -0.15) is 10.5 Å². The second-order valence-electron chi connectivity index (χ2n) is 12.4. The van der Waals surface area contributed by atoms with Crippen molar-refractivity contribution in [3.05, 3.63) is 136 Å². The Bertz CT molecular complexity index is 2300. The van der Waals surface area contributed by atoms with Gasteiger partial charge in [-0.15, -0.1) is 0 Å². The van der Waals surface area contributed by atoms with Crippen molar-refractivity contribution in [1.29, 1.82) is 10.5 Å². The molecule has 0 N–H and O–H groups in total. The second-order valence-corrected chi connectivity index (χ2v) is 12.4. The lowest BCUT2D eigenvalue weighted by Gasteiger charge is -2.22. The van der Waals surface area contributed by atoms with Gasteiger partial charge < -0.3 is 9.13 Å². The van der Waals surface area contributed by atoms with E-state index in [1.807, 2.05) is 18.2 Å². The van der Waals surface area contributed by atoms with E-state index in [2.05, 4.69) is 128 Å². The third-order valence-corrected chi connectivity index (χ3v) is 9.22. The summed E-state index contributed by atoms with van der Waals surface area (Å²) in [6.45, 7) is 8.46. The average Bonchev–Trinajstić information content (AvgIpc) is 3.71. The topological polar surface area (TPSA) is 57.4 Å². The molecule has 1 aliphatic carbocycles. The molecular formula is C41H30N4. The molecule has 2 heterocycles. The fourth-order valence-corrected chi connectivity index (χ4v) is 7.18. The molecule has 0 unspecified atom stereocenters. The SMILES string of the molecule is Cc1ccc2c3ccc(C)cc3n(-c3cc(C#N)cc(-n4c5cc(C)ccc5c5ccc(C)cc54)c3C3=C(C#N)C=CC3)c2c1. The van der Waals surface area contributed by atoms with Crippen LogP contribution in [0.5, 0.6) is 0 Å². The molecule has 0 bridgehead atoms. The Labute approximate surface area is 262 Å². The van der Waals surface area contributed by atoms with Gasteiger partial charge in [0.1, 0.15) is 0 Å². The normalized spacial score (nSPS) is 13.0. The fourth-order valence-electron chi connectivity index (χ4n) is 7.18. The molecular weight excluding hydrogens is 548 g/mol. The number of allylic oxidation sites excluding steroid dienone is 4. The van der Waals surface area contributed by atoms with Crippen molar-refractivity contribution < 1.29 is 0 Å². The number of benzene rings is 5. The van der Waals surface area contributed by atoms with E-state index in [4.69, 9.17) is 0 Å². The summed E-state index contributed by atoms with van der Waals surface area (Å²) in [4.78, 5) is 0. The van der Waals surface area contributed by atoms with Gasteiger partial charge in [-0.3, -0.25) is 0 Å². The first-order chi connectivity index (χ1) is 21.9. The maximum absolute atomic E-state index is 10.5. The lowest BCUT2D eigenvalue weighted by Crippen LogP contribution is -2.08. The van der Waals surface area contributed by atoms with Gasteiger partial charge in [0.2, 0.25) is 0 Å². The molecule has 45 heavy (non-hydrogen) atoms. The van der Waals surface area contributed by atoms with Gasteiger partial charge in [-0.1, -0.05) is 54.6 Å². The van der Waals surface area contributed by atoms with Crippen LogP contribution in [0.4, 0.5) is 0 Å². The van der Waals surface area contributed by atoms with Crippen LogP contribution in [0, 0.1) is 50.4 Å². The molecule has 0 spiro atoms. The molecule has 2 aromatic heterocycles. The number of nitrogens with zero attached hydrogens (tertiary/aromatic N) is 4. The smallest absolute Gasteiger partial charge is 0.0994 e. The molecule has 0 fully saturated rings. The van der Waals surface area contributed by atoms with E-state index in [1.54, 1.807) is 0 Å². The number of aromatic nitrogens is 2. The number of hydrogen-bond acceptors (Lipinski definition) is 2. The third kappa shape index (κ3) is 3.97. The minimum atomic E-state index is 0.569. The van der Waals surface area contributed by atoms with Gasteiger partial charge in [0, 0.05) is 27.1 Å². The van der Waals surface area contributed by atoms with E-state index in [-0.39, 0.29) is 0 Å². The maximum atomic E-state index is 10.5. The summed E-state index contributed by atoms with van der Waals surface area (Å²) in [5, 5.41) is 25.5. The van der Waals surface area contributed by atoms with E-state index >= 15 is 0 Å². The minimum absolute atomic E-state index is 0.569. The molecule has 0 atom stereocenters. The largest absolute Gasteiger partial charge is 0.308 e. The molecule has 1 aliphatic rings. The van der Waals surface area contributed by atoms with Gasteiger partial charge in [-0.05, 0) is 104 Å². The van der Waals surface area contributed by atoms with Crippen LogP contribution in [0.1, 0.15) is 39.8 Å². The zero-order valence-electron chi connectivity index (χ0n) is 25.7. The zero-order valence-corrected chi connectivity index (χ0v) is 25.7. The Morgan fingerprint density at radius 1 is 0.533 bits per heavy atom. The lowest BCUT2D eigenvalue weighted by molar-refractivity contribution is 1.10. The highest BCUT2D eigenvalue weighted by molar-refractivity contribution is 6.12. The first-order valence-corrected chi connectivity index (χ1v) is 15.3. The van der Waals surface area contributed by atoms with E-state index in [0.29, 0.717) is 17.6 Å². The molecule has 5 aromatic carbocycles. The predicted octanol–water partition coefficient (Wildman–Crippen LogP) is 10.2. The van der Waals surface area contributed by atoms with Crippen molar-refractivity contribution in [1.82, 2.24) is 9.13 Å². The van der Waals surface area contributed by atoms with Crippen molar-refractivity contribution in [2.45, 2.75) is 34.1 Å². The van der Waals surface area contributed by atoms with Gasteiger partial charge >= 0.3 is 0 Å². The average molecular weight is 579 g/mol. The molecule has 7 aromatic rings. The van der Waals surface area contributed by atoms with Crippen LogP contribution in [-0.4, -0.2) is 9.13 Å². The summed E-state index contributed by atoms with van der Waals surface area (Å²) < 4.78 is 4.63. The molecule has 0 amide bonds. The molecule has 0 saturated carbocycles. The Kier molecular flexibility index (Phi) is 5.86. The maximum Gasteiger partial charge on any atom is 0.0994 e. The van der Waals surface area contributed by atoms with Crippen molar-refractivity contribution in [3.8, 4) is 23.5 Å². The molecule has 0 aliphatic heterocycles. The highest BCUT2D eigenvalue weighted by atomic mass is 15.0. The first kappa shape index (κ1) is 26.8. The zero-order chi connectivity index (χ0) is 31.0. The third-order valence-electron chi connectivity index (χ3n) is 9.22. The standard InChI is InChI=1S/C41H30N4/c1-24-8-12-31-32-13-9-25(2)17-36(32)44(35(31)16-24)39-20-28(22-42)21-40(41(39)30-7-5-6-29(30)23-43)45-37-18-26(3)10-14-33(37)34-15-11-27(4)19-38(34)45/h5-6,8-21H,7H2,1-4H3. The predicted molar refractivity (Wildman–Crippen MR) is 185 cm³/mol. The summed E-state index contributed by atoms with van der Waals surface area (Å²) in [6, 6.07) is 35.3. The van der Waals surface area contributed by atoms with Gasteiger partial charge in [-0.25, -0.2) is 0 Å².